The highest BCUT2D eigenvalue weighted by Gasteiger charge is 2.15. The molecule has 1 atom stereocenters. The fourth-order valence-electron chi connectivity index (χ4n) is 2.90. The monoisotopic (exact) mass is 382 g/mol. The summed E-state index contributed by atoms with van der Waals surface area (Å²) in [6, 6.07) is 11.0. The van der Waals surface area contributed by atoms with Gasteiger partial charge in [0, 0.05) is 11.1 Å². The summed E-state index contributed by atoms with van der Waals surface area (Å²) in [5.41, 5.74) is 4.54. The van der Waals surface area contributed by atoms with E-state index < -0.39 is 10.2 Å². The SMILES string of the molecule is Cc1cc(F)ccc1-c1[nH]nc2ncc(-c3ccc([S+](C)(=O)[O-])cc3)nc12. The number of aromatic amines is 1. The fourth-order valence-corrected chi connectivity index (χ4v) is 3.53. The van der Waals surface area contributed by atoms with Crippen LogP contribution >= 0.6 is 0 Å². The molecule has 8 heteroatoms. The van der Waals surface area contributed by atoms with Crippen LogP contribution in [0.3, 0.4) is 0 Å². The first-order chi connectivity index (χ1) is 12.8. The van der Waals surface area contributed by atoms with Gasteiger partial charge in [-0.05, 0) is 55.0 Å². The van der Waals surface area contributed by atoms with Crippen LogP contribution in [0.25, 0.3) is 33.7 Å². The minimum absolute atomic E-state index is 0.242. The van der Waals surface area contributed by atoms with E-state index in [2.05, 4.69) is 20.2 Å². The molecule has 0 aliphatic heterocycles. The van der Waals surface area contributed by atoms with Crippen molar-refractivity contribution in [3.63, 3.8) is 0 Å². The summed E-state index contributed by atoms with van der Waals surface area (Å²) in [6.45, 7) is 1.81. The summed E-state index contributed by atoms with van der Waals surface area (Å²) < 4.78 is 36.6. The van der Waals surface area contributed by atoms with E-state index in [4.69, 9.17) is 0 Å². The normalized spacial score (nSPS) is 13.6. The Labute approximate surface area is 155 Å². The molecule has 0 bridgehead atoms. The minimum atomic E-state index is -3.26. The minimum Gasteiger partial charge on any atom is -0.610 e. The van der Waals surface area contributed by atoms with Crippen molar-refractivity contribution in [2.24, 2.45) is 0 Å². The van der Waals surface area contributed by atoms with E-state index in [-0.39, 0.29) is 10.7 Å². The number of hydrogen-bond donors (Lipinski definition) is 1. The highest BCUT2D eigenvalue weighted by atomic mass is 32.3. The molecule has 0 aliphatic carbocycles. The smallest absolute Gasteiger partial charge is 0.200 e. The molecule has 0 saturated heterocycles. The molecule has 0 amide bonds. The second-order valence-corrected chi connectivity index (χ2v) is 8.30. The van der Waals surface area contributed by atoms with Gasteiger partial charge in [-0.3, -0.25) is 5.10 Å². The van der Waals surface area contributed by atoms with Crippen LogP contribution in [0, 0.1) is 12.7 Å². The quantitative estimate of drug-likeness (QED) is 0.545. The number of nitrogens with one attached hydrogen (secondary N) is 1. The van der Waals surface area contributed by atoms with Crippen LogP contribution in [0.4, 0.5) is 4.39 Å². The lowest BCUT2D eigenvalue weighted by atomic mass is 10.1. The van der Waals surface area contributed by atoms with E-state index >= 15 is 0 Å². The van der Waals surface area contributed by atoms with Crippen molar-refractivity contribution in [1.82, 2.24) is 20.2 Å². The summed E-state index contributed by atoms with van der Waals surface area (Å²) >= 11 is 0. The lowest BCUT2D eigenvalue weighted by molar-refractivity contribution is 0.484. The van der Waals surface area contributed by atoms with E-state index in [9.17, 15) is 13.2 Å². The predicted octanol–water partition coefficient (Wildman–Crippen LogP) is 3.75. The van der Waals surface area contributed by atoms with E-state index in [1.807, 2.05) is 6.92 Å². The molecular weight excluding hydrogens is 367 g/mol. The second kappa shape index (κ2) is 6.33. The molecule has 0 spiro atoms. The van der Waals surface area contributed by atoms with Crippen molar-refractivity contribution < 1.29 is 13.2 Å². The molecule has 1 unspecified atom stereocenters. The molecule has 2 aromatic carbocycles. The molecule has 2 aromatic heterocycles. The van der Waals surface area contributed by atoms with Crippen molar-refractivity contribution in [2.75, 3.05) is 6.26 Å². The van der Waals surface area contributed by atoms with Gasteiger partial charge in [0.05, 0.1) is 27.8 Å². The number of benzene rings is 2. The average molecular weight is 382 g/mol. The van der Waals surface area contributed by atoms with Crippen LogP contribution < -0.4 is 0 Å². The Kier molecular flexibility index (Phi) is 4.09. The highest BCUT2D eigenvalue weighted by Crippen LogP contribution is 2.29. The third-order valence-corrected chi connectivity index (χ3v) is 5.43. The van der Waals surface area contributed by atoms with Gasteiger partial charge in [0.25, 0.3) is 0 Å². The molecule has 0 saturated carbocycles. The van der Waals surface area contributed by atoms with Crippen molar-refractivity contribution in [3.05, 3.63) is 60.0 Å². The van der Waals surface area contributed by atoms with Crippen LogP contribution in [0.5, 0.6) is 0 Å². The Morgan fingerprint density at radius 3 is 2.56 bits per heavy atom. The number of halogens is 1. The zero-order valence-electron chi connectivity index (χ0n) is 14.6. The summed E-state index contributed by atoms with van der Waals surface area (Å²) in [5.74, 6) is -0.308. The largest absolute Gasteiger partial charge is 0.610 e. The third-order valence-electron chi connectivity index (χ3n) is 4.30. The second-order valence-electron chi connectivity index (χ2n) is 6.28. The lowest BCUT2D eigenvalue weighted by Gasteiger charge is -2.09. The van der Waals surface area contributed by atoms with Gasteiger partial charge >= 0.3 is 0 Å². The number of aryl methyl sites for hydroxylation is 1. The molecule has 0 radical (unpaired) electrons. The predicted molar refractivity (Wildman–Crippen MR) is 100 cm³/mol. The molecule has 0 aliphatic rings. The molecule has 6 nitrogen and oxygen atoms in total. The summed E-state index contributed by atoms with van der Waals surface area (Å²) in [7, 11) is -3.26. The maximum Gasteiger partial charge on any atom is 0.200 e. The molecule has 2 heterocycles. The van der Waals surface area contributed by atoms with Crippen LogP contribution in [-0.2, 0) is 14.4 Å². The van der Waals surface area contributed by atoms with Gasteiger partial charge in [-0.15, -0.1) is 4.21 Å². The van der Waals surface area contributed by atoms with Crippen molar-refractivity contribution in [3.8, 4) is 22.5 Å². The van der Waals surface area contributed by atoms with Gasteiger partial charge < -0.3 is 4.55 Å². The topological polar surface area (TPSA) is 94.6 Å². The number of rotatable bonds is 3. The van der Waals surface area contributed by atoms with Crippen molar-refractivity contribution >= 4 is 21.4 Å². The van der Waals surface area contributed by atoms with Crippen LogP contribution in [0.2, 0.25) is 0 Å². The summed E-state index contributed by atoms with van der Waals surface area (Å²) in [5, 5.41) is 7.09. The molecule has 0 fully saturated rings. The molecule has 4 rings (SSSR count). The number of hydrogen-bond acceptors (Lipinski definition) is 5. The summed E-state index contributed by atoms with van der Waals surface area (Å²) in [4.78, 5) is 9.20. The first kappa shape index (κ1) is 17.4. The van der Waals surface area contributed by atoms with Gasteiger partial charge in [0.2, 0.25) is 0 Å². The Balaban J connectivity index is 1.81. The Bertz CT molecular complexity index is 1200. The molecule has 1 N–H and O–H groups in total. The zero-order valence-corrected chi connectivity index (χ0v) is 15.4. The fraction of sp³-hybridized carbons (Fsp3) is 0.105. The Hall–Kier alpha value is -2.97. The maximum absolute atomic E-state index is 13.4. The first-order valence-electron chi connectivity index (χ1n) is 8.11. The Morgan fingerprint density at radius 2 is 1.89 bits per heavy atom. The van der Waals surface area contributed by atoms with Gasteiger partial charge in [-0.25, -0.2) is 14.4 Å². The zero-order chi connectivity index (χ0) is 19.2. The highest BCUT2D eigenvalue weighted by molar-refractivity contribution is 7.97. The van der Waals surface area contributed by atoms with E-state index in [0.717, 1.165) is 22.9 Å². The van der Waals surface area contributed by atoms with Gasteiger partial charge in [-0.2, -0.15) is 5.10 Å². The number of H-pyrrole nitrogens is 1. The third kappa shape index (κ3) is 3.24. The van der Waals surface area contributed by atoms with E-state index in [1.165, 1.54) is 24.3 Å². The molecule has 136 valence electrons. The van der Waals surface area contributed by atoms with Crippen LogP contribution in [0.15, 0.2) is 53.6 Å². The van der Waals surface area contributed by atoms with Crippen LogP contribution in [0.1, 0.15) is 5.56 Å². The molecule has 4 aromatic rings. The number of fused-ring (bicyclic) bond motifs is 1. The number of nitrogens with zero attached hydrogens (tertiary/aromatic N) is 3. The Morgan fingerprint density at radius 1 is 1.15 bits per heavy atom. The molecular formula is C19H15FN4O2S. The van der Waals surface area contributed by atoms with Gasteiger partial charge in [0.1, 0.15) is 17.6 Å². The van der Waals surface area contributed by atoms with E-state index in [1.54, 1.807) is 24.4 Å². The molecule has 27 heavy (non-hydrogen) atoms. The standard InChI is InChI=1S/C19H15FN4O2S/c1-11-9-13(20)5-8-15(11)17-18-19(24-23-17)21-10-16(22-18)12-3-6-14(7-4-12)27(2,25)26/h3-10H,1-2H3,(H-,21,23,24,25,26). The van der Waals surface area contributed by atoms with Gasteiger partial charge in [0.15, 0.2) is 10.5 Å². The van der Waals surface area contributed by atoms with Crippen molar-refractivity contribution in [2.45, 2.75) is 11.8 Å². The van der Waals surface area contributed by atoms with Crippen LogP contribution in [-0.4, -0.2) is 31.0 Å². The average Bonchev–Trinajstić information content (AvgIpc) is 3.04. The lowest BCUT2D eigenvalue weighted by Crippen LogP contribution is -2.06. The first-order valence-corrected chi connectivity index (χ1v) is 10.0. The number of sulfone groups is 1. The van der Waals surface area contributed by atoms with Gasteiger partial charge in [-0.1, -0.05) is 0 Å². The van der Waals surface area contributed by atoms with Crippen molar-refractivity contribution in [1.29, 1.82) is 0 Å². The summed E-state index contributed by atoms with van der Waals surface area (Å²) in [6.07, 6.45) is 2.75. The van der Waals surface area contributed by atoms with E-state index in [0.29, 0.717) is 22.6 Å². The number of aromatic nitrogens is 4. The maximum atomic E-state index is 13.4.